The first-order chi connectivity index (χ1) is 10.8. The molecule has 0 unspecified atom stereocenters. The number of likely N-dealkylation sites (N-methyl/N-ethyl adjacent to an activating group) is 1. The second-order valence-electron chi connectivity index (χ2n) is 7.15. The van der Waals surface area contributed by atoms with E-state index in [1.165, 1.54) is 36.2 Å². The van der Waals surface area contributed by atoms with Gasteiger partial charge in [0, 0.05) is 30.7 Å². The van der Waals surface area contributed by atoms with E-state index in [-0.39, 0.29) is 0 Å². The van der Waals surface area contributed by atoms with E-state index in [0.29, 0.717) is 12.0 Å². The molecule has 0 N–H and O–H groups in total. The Balaban J connectivity index is 1.69. The van der Waals surface area contributed by atoms with Gasteiger partial charge < -0.3 is 9.80 Å². The first kappa shape index (κ1) is 12.7. The molecule has 0 aliphatic carbocycles. The highest BCUT2D eigenvalue weighted by molar-refractivity contribution is 5.69. The smallest absolute Gasteiger partial charge is 0.0444 e. The molecule has 2 atom stereocenters. The number of para-hydroxylation sites is 1. The highest BCUT2D eigenvalue weighted by Crippen LogP contribution is 2.48. The summed E-state index contributed by atoms with van der Waals surface area (Å²) in [7, 11) is 2.27. The molecule has 2 heteroatoms. The fraction of sp³-hybridized carbons (Fsp3) is 0.400. The monoisotopic (exact) mass is 290 g/mol. The molecule has 0 amide bonds. The predicted molar refractivity (Wildman–Crippen MR) is 90.5 cm³/mol. The zero-order valence-corrected chi connectivity index (χ0v) is 13.1. The van der Waals surface area contributed by atoms with Crippen molar-refractivity contribution in [2.45, 2.75) is 31.3 Å². The molecule has 0 saturated carbocycles. The zero-order chi connectivity index (χ0) is 14.7. The van der Waals surface area contributed by atoms with Crippen LogP contribution in [-0.2, 0) is 13.0 Å². The van der Waals surface area contributed by atoms with Crippen LogP contribution in [-0.4, -0.2) is 31.1 Å². The third kappa shape index (κ3) is 1.70. The van der Waals surface area contributed by atoms with Crippen LogP contribution in [0, 0.1) is 0 Å². The quantitative estimate of drug-likeness (QED) is 0.734. The Kier molecular flexibility index (Phi) is 2.66. The Bertz CT molecular complexity index is 736. The molecule has 0 bridgehead atoms. The second kappa shape index (κ2) is 4.60. The lowest BCUT2D eigenvalue weighted by atomic mass is 9.88. The number of hydrogen-bond acceptors (Lipinski definition) is 2. The van der Waals surface area contributed by atoms with Crippen LogP contribution in [0.15, 0.2) is 42.5 Å². The van der Waals surface area contributed by atoms with Gasteiger partial charge in [-0.2, -0.15) is 0 Å². The fourth-order valence-corrected chi connectivity index (χ4v) is 4.82. The number of piperidine rings is 1. The van der Waals surface area contributed by atoms with Gasteiger partial charge in [0.15, 0.2) is 0 Å². The van der Waals surface area contributed by atoms with Crippen LogP contribution in [0.1, 0.15) is 34.6 Å². The standard InChI is InChI=1S/C20H22N2/c1-21-10-9-19-18(13-21)17-8-4-7-15-11-14-5-2-3-6-16(14)12-22(19)20(15)17/h2-8,18-19H,9-13H2,1H3/t18-,19-/m0/s1. The summed E-state index contributed by atoms with van der Waals surface area (Å²) in [6.07, 6.45) is 2.38. The summed E-state index contributed by atoms with van der Waals surface area (Å²) in [4.78, 5) is 5.23. The number of likely N-dealkylation sites (tertiary alicyclic amines) is 1. The van der Waals surface area contributed by atoms with E-state index < -0.39 is 0 Å². The van der Waals surface area contributed by atoms with Gasteiger partial charge in [0.1, 0.15) is 0 Å². The molecule has 5 rings (SSSR count). The zero-order valence-electron chi connectivity index (χ0n) is 13.1. The number of anilines is 1. The van der Waals surface area contributed by atoms with Gasteiger partial charge in [0.2, 0.25) is 0 Å². The lowest BCUT2D eigenvalue weighted by Gasteiger charge is -2.37. The second-order valence-corrected chi connectivity index (χ2v) is 7.15. The van der Waals surface area contributed by atoms with Crippen molar-refractivity contribution in [3.8, 4) is 0 Å². The maximum Gasteiger partial charge on any atom is 0.0444 e. The average molecular weight is 290 g/mol. The molecule has 3 aliphatic heterocycles. The molecular weight excluding hydrogens is 268 g/mol. The highest BCUT2D eigenvalue weighted by atomic mass is 15.2. The molecule has 112 valence electrons. The predicted octanol–water partition coefficient (Wildman–Crippen LogP) is 3.40. The minimum atomic E-state index is 0.693. The highest BCUT2D eigenvalue weighted by Gasteiger charge is 2.42. The van der Waals surface area contributed by atoms with Gasteiger partial charge in [0.25, 0.3) is 0 Å². The largest absolute Gasteiger partial charge is 0.363 e. The van der Waals surface area contributed by atoms with Crippen LogP contribution in [0.5, 0.6) is 0 Å². The molecular formula is C20H22N2. The normalized spacial score (nSPS) is 26.1. The summed E-state index contributed by atoms with van der Waals surface area (Å²) < 4.78 is 0. The van der Waals surface area contributed by atoms with Crippen LogP contribution < -0.4 is 4.90 Å². The molecule has 0 aromatic heterocycles. The Labute approximate surface area is 132 Å². The number of benzene rings is 2. The molecule has 3 heterocycles. The Morgan fingerprint density at radius 1 is 0.955 bits per heavy atom. The fourth-order valence-electron chi connectivity index (χ4n) is 4.82. The Morgan fingerprint density at radius 3 is 2.68 bits per heavy atom. The van der Waals surface area contributed by atoms with Crippen LogP contribution in [0.25, 0.3) is 0 Å². The summed E-state index contributed by atoms with van der Waals surface area (Å²) in [5.74, 6) is 0.693. The van der Waals surface area contributed by atoms with Crippen molar-refractivity contribution >= 4 is 5.69 Å². The first-order valence-corrected chi connectivity index (χ1v) is 8.45. The molecule has 2 aromatic carbocycles. The Morgan fingerprint density at radius 2 is 1.77 bits per heavy atom. The number of nitrogens with zero attached hydrogens (tertiary/aromatic N) is 2. The minimum absolute atomic E-state index is 0.693. The van der Waals surface area contributed by atoms with Crippen molar-refractivity contribution in [1.82, 2.24) is 4.90 Å². The van der Waals surface area contributed by atoms with Gasteiger partial charge in [0.05, 0.1) is 0 Å². The van der Waals surface area contributed by atoms with Crippen molar-refractivity contribution in [3.63, 3.8) is 0 Å². The van der Waals surface area contributed by atoms with E-state index in [2.05, 4.69) is 59.3 Å². The van der Waals surface area contributed by atoms with Crippen molar-refractivity contribution in [3.05, 3.63) is 64.7 Å². The van der Waals surface area contributed by atoms with Gasteiger partial charge in [-0.05, 0) is 48.7 Å². The van der Waals surface area contributed by atoms with Gasteiger partial charge >= 0.3 is 0 Å². The maximum absolute atomic E-state index is 2.73. The van der Waals surface area contributed by atoms with Gasteiger partial charge in [-0.25, -0.2) is 0 Å². The molecule has 1 saturated heterocycles. The SMILES string of the molecule is CN1CC[C@H]2[C@@H](C1)c1cccc3c1N2Cc1ccccc1C3. The van der Waals surface area contributed by atoms with Crippen molar-refractivity contribution in [2.75, 3.05) is 25.0 Å². The first-order valence-electron chi connectivity index (χ1n) is 8.45. The van der Waals surface area contributed by atoms with Crippen molar-refractivity contribution < 1.29 is 0 Å². The van der Waals surface area contributed by atoms with Gasteiger partial charge in [-0.1, -0.05) is 42.5 Å². The molecule has 0 spiro atoms. The van der Waals surface area contributed by atoms with Crippen LogP contribution in [0.3, 0.4) is 0 Å². The molecule has 0 radical (unpaired) electrons. The topological polar surface area (TPSA) is 6.48 Å². The third-order valence-corrected chi connectivity index (χ3v) is 5.86. The summed E-state index contributed by atoms with van der Waals surface area (Å²) >= 11 is 0. The van der Waals surface area contributed by atoms with Gasteiger partial charge in [-0.15, -0.1) is 0 Å². The van der Waals surface area contributed by atoms with Crippen LogP contribution >= 0.6 is 0 Å². The van der Waals surface area contributed by atoms with E-state index in [4.69, 9.17) is 0 Å². The van der Waals surface area contributed by atoms with Crippen molar-refractivity contribution in [2.24, 2.45) is 0 Å². The van der Waals surface area contributed by atoms with E-state index in [1.54, 1.807) is 11.3 Å². The van der Waals surface area contributed by atoms with Gasteiger partial charge in [-0.3, -0.25) is 0 Å². The Hall–Kier alpha value is -1.80. The summed E-state index contributed by atoms with van der Waals surface area (Å²) in [6, 6.07) is 16.7. The summed E-state index contributed by atoms with van der Waals surface area (Å²) in [5.41, 5.74) is 7.71. The van der Waals surface area contributed by atoms with Crippen LogP contribution in [0.2, 0.25) is 0 Å². The molecule has 22 heavy (non-hydrogen) atoms. The maximum atomic E-state index is 2.73. The summed E-state index contributed by atoms with van der Waals surface area (Å²) in [6.45, 7) is 3.52. The van der Waals surface area contributed by atoms with Crippen LogP contribution in [0.4, 0.5) is 5.69 Å². The van der Waals surface area contributed by atoms with E-state index in [0.717, 1.165) is 13.0 Å². The number of rotatable bonds is 0. The summed E-state index contributed by atoms with van der Waals surface area (Å²) in [5, 5.41) is 0. The number of hydrogen-bond donors (Lipinski definition) is 0. The lowest BCUT2D eigenvalue weighted by Crippen LogP contribution is -2.44. The van der Waals surface area contributed by atoms with Crippen molar-refractivity contribution in [1.29, 1.82) is 0 Å². The molecule has 2 nitrogen and oxygen atoms in total. The molecule has 3 aliphatic rings. The number of fused-ring (bicyclic) bond motifs is 4. The van der Waals surface area contributed by atoms with E-state index in [1.807, 2.05) is 0 Å². The van der Waals surface area contributed by atoms with E-state index in [9.17, 15) is 0 Å². The minimum Gasteiger partial charge on any atom is -0.363 e. The average Bonchev–Trinajstić information content (AvgIpc) is 2.73. The van der Waals surface area contributed by atoms with E-state index >= 15 is 0 Å². The third-order valence-electron chi connectivity index (χ3n) is 5.86. The lowest BCUT2D eigenvalue weighted by molar-refractivity contribution is 0.231. The molecule has 1 fully saturated rings. The molecule has 2 aromatic rings.